The number of hydrogen-bond donors (Lipinski definition) is 2. The number of primary amides is 1. The summed E-state index contributed by atoms with van der Waals surface area (Å²) in [6.07, 6.45) is 5.21. The first kappa shape index (κ1) is 17.4. The van der Waals surface area contributed by atoms with Crippen LogP contribution < -0.4 is 11.1 Å². The zero-order valence-corrected chi connectivity index (χ0v) is 15.4. The molecule has 3 N–H and O–H groups in total. The molecular weight excluding hydrogens is 322 g/mol. The number of thiophene rings is 1. The Balaban J connectivity index is 1.70. The van der Waals surface area contributed by atoms with Crippen molar-refractivity contribution < 1.29 is 9.59 Å². The third-order valence-corrected chi connectivity index (χ3v) is 6.42. The second kappa shape index (κ2) is 7.23. The molecule has 1 atom stereocenters. The Labute approximate surface area is 147 Å². The van der Waals surface area contributed by atoms with Crippen LogP contribution >= 0.6 is 11.3 Å². The first-order valence-corrected chi connectivity index (χ1v) is 9.72. The van der Waals surface area contributed by atoms with E-state index in [0.29, 0.717) is 23.0 Å². The molecule has 1 aromatic rings. The molecule has 3 rings (SSSR count). The maximum Gasteiger partial charge on any atom is 0.251 e. The average Bonchev–Trinajstić information content (AvgIpc) is 2.86. The summed E-state index contributed by atoms with van der Waals surface area (Å²) >= 11 is 1.53. The highest BCUT2D eigenvalue weighted by Gasteiger charge is 2.27. The van der Waals surface area contributed by atoms with Crippen LogP contribution in [0.5, 0.6) is 0 Å². The van der Waals surface area contributed by atoms with Gasteiger partial charge in [0.2, 0.25) is 5.91 Å². The summed E-state index contributed by atoms with van der Waals surface area (Å²) in [5.41, 5.74) is 7.21. The van der Waals surface area contributed by atoms with Gasteiger partial charge in [-0.2, -0.15) is 0 Å². The maximum atomic E-state index is 12.4. The lowest BCUT2D eigenvalue weighted by molar-refractivity contribution is -0.117. The Hall–Kier alpha value is -1.40. The van der Waals surface area contributed by atoms with Crippen LogP contribution in [0.25, 0.3) is 0 Å². The standard InChI is InChI=1S/C18H27N3O2S/c1-11-5-7-21(8-6-11)10-15(22)20-18-16(17(19)23)13-4-3-12(2)9-14(13)24-18/h11-12H,3-10H2,1-2H3,(H2,19,23)(H,20,22). The van der Waals surface area contributed by atoms with Gasteiger partial charge in [-0.3, -0.25) is 14.5 Å². The normalized spacial score (nSPS) is 22.2. The highest BCUT2D eigenvalue weighted by atomic mass is 32.1. The molecule has 0 bridgehead atoms. The van der Waals surface area contributed by atoms with Gasteiger partial charge in [0.25, 0.3) is 5.91 Å². The van der Waals surface area contributed by atoms with Gasteiger partial charge >= 0.3 is 0 Å². The van der Waals surface area contributed by atoms with Gasteiger partial charge in [-0.05, 0) is 62.6 Å². The summed E-state index contributed by atoms with van der Waals surface area (Å²) in [7, 11) is 0. The minimum atomic E-state index is -0.427. The number of carbonyl (C=O) groups excluding carboxylic acids is 2. The van der Waals surface area contributed by atoms with Crippen molar-refractivity contribution in [3.05, 3.63) is 16.0 Å². The highest BCUT2D eigenvalue weighted by Crippen LogP contribution is 2.39. The summed E-state index contributed by atoms with van der Waals surface area (Å²) in [5, 5.41) is 3.61. The topological polar surface area (TPSA) is 75.4 Å². The minimum Gasteiger partial charge on any atom is -0.365 e. The monoisotopic (exact) mass is 349 g/mol. The van der Waals surface area contributed by atoms with Gasteiger partial charge in [-0.1, -0.05) is 13.8 Å². The number of likely N-dealkylation sites (tertiary alicyclic amines) is 1. The maximum absolute atomic E-state index is 12.4. The lowest BCUT2D eigenvalue weighted by atomic mass is 9.88. The van der Waals surface area contributed by atoms with Crippen LogP contribution in [-0.4, -0.2) is 36.3 Å². The Morgan fingerprint density at radius 2 is 1.92 bits per heavy atom. The van der Waals surface area contributed by atoms with Gasteiger partial charge in [0.1, 0.15) is 5.00 Å². The van der Waals surface area contributed by atoms with Crippen LogP contribution in [0.3, 0.4) is 0 Å². The van der Waals surface area contributed by atoms with Gasteiger partial charge in [-0.25, -0.2) is 0 Å². The van der Waals surface area contributed by atoms with Crippen LogP contribution in [0, 0.1) is 11.8 Å². The SMILES string of the molecule is CC1CCN(CC(=O)Nc2sc3c(c2C(N)=O)CCC(C)C3)CC1. The summed E-state index contributed by atoms with van der Waals surface area (Å²) in [4.78, 5) is 27.7. The Bertz CT molecular complexity index is 632. The van der Waals surface area contributed by atoms with Crippen LogP contribution in [-0.2, 0) is 17.6 Å². The largest absolute Gasteiger partial charge is 0.365 e. The molecule has 132 valence electrons. The summed E-state index contributed by atoms with van der Waals surface area (Å²) in [6, 6.07) is 0. The fourth-order valence-corrected chi connectivity index (χ4v) is 5.12. The zero-order valence-electron chi connectivity index (χ0n) is 14.6. The smallest absolute Gasteiger partial charge is 0.251 e. The van der Waals surface area contributed by atoms with Crippen molar-refractivity contribution in [2.24, 2.45) is 17.6 Å². The van der Waals surface area contributed by atoms with Gasteiger partial charge < -0.3 is 11.1 Å². The van der Waals surface area contributed by atoms with E-state index < -0.39 is 5.91 Å². The number of piperidine rings is 1. The number of fused-ring (bicyclic) bond motifs is 1. The van der Waals surface area contributed by atoms with Crippen molar-refractivity contribution in [3.8, 4) is 0 Å². The number of carbonyl (C=O) groups is 2. The van der Waals surface area contributed by atoms with Crippen LogP contribution in [0.4, 0.5) is 5.00 Å². The molecule has 2 aliphatic rings. The van der Waals surface area contributed by atoms with Crippen LogP contribution in [0.1, 0.15) is 53.9 Å². The second-order valence-electron chi connectivity index (χ2n) is 7.43. The first-order chi connectivity index (χ1) is 11.4. The van der Waals surface area contributed by atoms with Crippen molar-refractivity contribution in [2.45, 2.75) is 46.0 Å². The molecule has 2 heterocycles. The van der Waals surface area contributed by atoms with E-state index in [2.05, 4.69) is 24.1 Å². The third kappa shape index (κ3) is 3.81. The molecule has 1 fully saturated rings. The second-order valence-corrected chi connectivity index (χ2v) is 8.53. The molecule has 1 aromatic heterocycles. The summed E-state index contributed by atoms with van der Waals surface area (Å²) in [6.45, 7) is 6.81. The van der Waals surface area contributed by atoms with E-state index in [4.69, 9.17) is 5.73 Å². The quantitative estimate of drug-likeness (QED) is 0.877. The number of nitrogens with two attached hydrogens (primary N) is 1. The van der Waals surface area contributed by atoms with Gasteiger partial charge in [0.15, 0.2) is 0 Å². The number of rotatable bonds is 4. The molecule has 6 heteroatoms. The molecular formula is C18H27N3O2S. The molecule has 2 amide bonds. The van der Waals surface area contributed by atoms with E-state index in [1.807, 2.05) is 0 Å². The van der Waals surface area contributed by atoms with Crippen molar-refractivity contribution in [1.82, 2.24) is 4.90 Å². The van der Waals surface area contributed by atoms with Gasteiger partial charge in [0.05, 0.1) is 12.1 Å². The molecule has 0 saturated carbocycles. The number of nitrogens with zero attached hydrogens (tertiary/aromatic N) is 1. The molecule has 1 unspecified atom stereocenters. The Morgan fingerprint density at radius 1 is 1.21 bits per heavy atom. The zero-order chi connectivity index (χ0) is 17.3. The summed E-state index contributed by atoms with van der Waals surface area (Å²) in [5.74, 6) is 0.899. The lowest BCUT2D eigenvalue weighted by Gasteiger charge is -2.29. The molecule has 0 radical (unpaired) electrons. The third-order valence-electron chi connectivity index (χ3n) is 5.25. The number of nitrogens with one attached hydrogen (secondary N) is 1. The fourth-order valence-electron chi connectivity index (χ4n) is 3.69. The molecule has 0 aromatic carbocycles. The Kier molecular flexibility index (Phi) is 5.25. The van der Waals surface area contributed by atoms with Crippen molar-refractivity contribution in [3.63, 3.8) is 0 Å². The number of anilines is 1. The van der Waals surface area contributed by atoms with E-state index in [1.165, 1.54) is 16.2 Å². The fraction of sp³-hybridized carbons (Fsp3) is 0.667. The average molecular weight is 350 g/mol. The molecule has 1 aliphatic heterocycles. The van der Waals surface area contributed by atoms with Gasteiger partial charge in [-0.15, -0.1) is 11.3 Å². The number of hydrogen-bond acceptors (Lipinski definition) is 4. The van der Waals surface area contributed by atoms with Gasteiger partial charge in [0, 0.05) is 4.88 Å². The predicted octanol–water partition coefficient (Wildman–Crippen LogP) is 2.64. The van der Waals surface area contributed by atoms with Crippen molar-refractivity contribution in [2.75, 3.05) is 25.0 Å². The van der Waals surface area contributed by atoms with Crippen molar-refractivity contribution in [1.29, 1.82) is 0 Å². The van der Waals surface area contributed by atoms with E-state index >= 15 is 0 Å². The first-order valence-electron chi connectivity index (χ1n) is 8.90. The van der Waals surface area contributed by atoms with E-state index in [9.17, 15) is 9.59 Å². The minimum absolute atomic E-state index is 0.0429. The molecule has 5 nitrogen and oxygen atoms in total. The van der Waals surface area contributed by atoms with E-state index in [1.54, 1.807) is 0 Å². The van der Waals surface area contributed by atoms with E-state index in [0.717, 1.165) is 56.7 Å². The Morgan fingerprint density at radius 3 is 2.58 bits per heavy atom. The van der Waals surface area contributed by atoms with Crippen LogP contribution in [0.2, 0.25) is 0 Å². The molecule has 24 heavy (non-hydrogen) atoms. The molecule has 1 aliphatic carbocycles. The number of amides is 2. The van der Waals surface area contributed by atoms with E-state index in [-0.39, 0.29) is 5.91 Å². The molecule has 0 spiro atoms. The lowest BCUT2D eigenvalue weighted by Crippen LogP contribution is -2.38. The highest BCUT2D eigenvalue weighted by molar-refractivity contribution is 7.17. The predicted molar refractivity (Wildman–Crippen MR) is 97.5 cm³/mol. The van der Waals surface area contributed by atoms with Crippen molar-refractivity contribution >= 4 is 28.2 Å². The summed E-state index contributed by atoms with van der Waals surface area (Å²) < 4.78 is 0. The molecule has 1 saturated heterocycles. The van der Waals surface area contributed by atoms with Crippen LogP contribution in [0.15, 0.2) is 0 Å².